The maximum Gasteiger partial charge on any atom is 0.307 e. The van der Waals surface area contributed by atoms with Gasteiger partial charge in [0, 0.05) is 16.3 Å². The lowest BCUT2D eigenvalue weighted by atomic mass is 10.1. The number of hydrogen-bond donors (Lipinski definition) is 2. The Morgan fingerprint density at radius 3 is 2.14 bits per heavy atom. The van der Waals surface area contributed by atoms with Crippen LogP contribution >= 0.6 is 11.6 Å². The summed E-state index contributed by atoms with van der Waals surface area (Å²) in [7, 11) is 0. The van der Waals surface area contributed by atoms with E-state index >= 15 is 0 Å². The SMILES string of the molecule is C/C(=N/NC(=O)c1ccc(C)o1)c1ccc(NC(=O)c2ccc(Cl)cc2)cc1. The molecule has 3 aromatic rings. The van der Waals surface area contributed by atoms with Gasteiger partial charge in [0.2, 0.25) is 0 Å². The van der Waals surface area contributed by atoms with Crippen molar-refractivity contribution in [1.82, 2.24) is 5.43 Å². The molecule has 0 saturated heterocycles. The second-order valence-electron chi connectivity index (χ2n) is 6.09. The number of nitrogens with one attached hydrogen (secondary N) is 2. The van der Waals surface area contributed by atoms with E-state index in [-0.39, 0.29) is 11.7 Å². The first kappa shape index (κ1) is 19.4. The van der Waals surface area contributed by atoms with Gasteiger partial charge in [0.05, 0.1) is 5.71 Å². The van der Waals surface area contributed by atoms with Gasteiger partial charge in [0.25, 0.3) is 5.91 Å². The number of benzene rings is 2. The van der Waals surface area contributed by atoms with Crippen molar-refractivity contribution in [1.29, 1.82) is 0 Å². The van der Waals surface area contributed by atoms with Crippen LogP contribution in [0.2, 0.25) is 5.02 Å². The molecule has 1 aromatic heterocycles. The van der Waals surface area contributed by atoms with Gasteiger partial charge >= 0.3 is 5.91 Å². The van der Waals surface area contributed by atoms with Crippen LogP contribution in [0.15, 0.2) is 70.2 Å². The monoisotopic (exact) mass is 395 g/mol. The molecule has 3 rings (SSSR count). The number of furan rings is 1. The molecule has 1 heterocycles. The second kappa shape index (κ2) is 8.54. The minimum absolute atomic E-state index is 0.203. The number of aryl methyl sites for hydroxylation is 1. The van der Waals surface area contributed by atoms with E-state index in [9.17, 15) is 9.59 Å². The summed E-state index contributed by atoms with van der Waals surface area (Å²) in [6.45, 7) is 3.54. The Labute approximate surface area is 167 Å². The van der Waals surface area contributed by atoms with Gasteiger partial charge in [-0.1, -0.05) is 23.7 Å². The Morgan fingerprint density at radius 1 is 0.893 bits per heavy atom. The summed E-state index contributed by atoms with van der Waals surface area (Å²) in [5.41, 5.74) is 5.04. The summed E-state index contributed by atoms with van der Waals surface area (Å²) in [6, 6.07) is 17.1. The van der Waals surface area contributed by atoms with Gasteiger partial charge in [-0.25, -0.2) is 5.43 Å². The van der Waals surface area contributed by atoms with E-state index in [1.807, 2.05) is 0 Å². The highest BCUT2D eigenvalue weighted by molar-refractivity contribution is 6.30. The van der Waals surface area contributed by atoms with Crippen LogP contribution in [0.25, 0.3) is 0 Å². The summed E-state index contributed by atoms with van der Waals surface area (Å²) >= 11 is 5.83. The molecule has 0 fully saturated rings. The molecular weight excluding hydrogens is 378 g/mol. The van der Waals surface area contributed by atoms with Crippen LogP contribution in [0.1, 0.15) is 39.2 Å². The molecule has 0 bridgehead atoms. The largest absolute Gasteiger partial charge is 0.456 e. The number of anilines is 1. The summed E-state index contributed by atoms with van der Waals surface area (Å²) in [6.07, 6.45) is 0. The van der Waals surface area contributed by atoms with E-state index in [0.717, 1.165) is 5.56 Å². The first-order valence-electron chi connectivity index (χ1n) is 8.51. The average molecular weight is 396 g/mol. The van der Waals surface area contributed by atoms with Crippen LogP contribution in [0, 0.1) is 6.92 Å². The van der Waals surface area contributed by atoms with Crippen molar-refractivity contribution in [2.75, 3.05) is 5.32 Å². The molecule has 2 amide bonds. The minimum atomic E-state index is -0.417. The lowest BCUT2D eigenvalue weighted by Gasteiger charge is -2.07. The third-order valence-corrected chi connectivity index (χ3v) is 4.21. The van der Waals surface area contributed by atoms with E-state index in [2.05, 4.69) is 15.8 Å². The van der Waals surface area contributed by atoms with Crippen LogP contribution < -0.4 is 10.7 Å². The zero-order valence-electron chi connectivity index (χ0n) is 15.3. The predicted octanol–water partition coefficient (Wildman–Crippen LogP) is 4.65. The minimum Gasteiger partial charge on any atom is -0.456 e. The molecule has 6 nitrogen and oxygen atoms in total. The number of hydrazone groups is 1. The van der Waals surface area contributed by atoms with Crippen molar-refractivity contribution in [3.05, 3.63) is 88.3 Å². The third-order valence-electron chi connectivity index (χ3n) is 3.96. The molecular formula is C21H18ClN3O3. The molecule has 0 aliphatic carbocycles. The topological polar surface area (TPSA) is 83.7 Å². The van der Waals surface area contributed by atoms with Crippen molar-refractivity contribution in [2.24, 2.45) is 5.10 Å². The van der Waals surface area contributed by atoms with Gasteiger partial charge in [-0.3, -0.25) is 9.59 Å². The zero-order chi connectivity index (χ0) is 20.1. The number of carbonyl (C=O) groups is 2. The number of amides is 2. The lowest BCUT2D eigenvalue weighted by Crippen LogP contribution is -2.18. The Kier molecular flexibility index (Phi) is 5.91. The van der Waals surface area contributed by atoms with E-state index in [1.54, 1.807) is 74.5 Å². The molecule has 0 saturated carbocycles. The number of hydrogen-bond acceptors (Lipinski definition) is 4. The second-order valence-corrected chi connectivity index (χ2v) is 6.52. The van der Waals surface area contributed by atoms with E-state index in [1.165, 1.54) is 0 Å². The van der Waals surface area contributed by atoms with Crippen molar-refractivity contribution in [3.8, 4) is 0 Å². The molecule has 0 unspecified atom stereocenters. The van der Waals surface area contributed by atoms with Crippen molar-refractivity contribution < 1.29 is 14.0 Å². The summed E-state index contributed by atoms with van der Waals surface area (Å²) in [4.78, 5) is 24.2. The van der Waals surface area contributed by atoms with Crippen LogP contribution in [-0.4, -0.2) is 17.5 Å². The molecule has 0 atom stereocenters. The molecule has 0 radical (unpaired) electrons. The molecule has 142 valence electrons. The standard InChI is InChI=1S/C21H18ClN3O3/c1-13-3-12-19(28-13)21(27)25-24-14(2)15-6-10-18(11-7-15)23-20(26)16-4-8-17(22)9-5-16/h3-12H,1-2H3,(H,23,26)(H,25,27)/b24-14-. The zero-order valence-corrected chi connectivity index (χ0v) is 16.1. The van der Waals surface area contributed by atoms with Gasteiger partial charge in [0.15, 0.2) is 5.76 Å². The number of nitrogens with zero attached hydrogens (tertiary/aromatic N) is 1. The Morgan fingerprint density at radius 2 is 1.54 bits per heavy atom. The highest BCUT2D eigenvalue weighted by Gasteiger charge is 2.09. The number of carbonyl (C=O) groups excluding carboxylic acids is 2. The first-order chi connectivity index (χ1) is 13.4. The normalized spacial score (nSPS) is 11.2. The highest BCUT2D eigenvalue weighted by atomic mass is 35.5. The summed E-state index contributed by atoms with van der Waals surface area (Å²) < 4.78 is 5.25. The van der Waals surface area contributed by atoms with Gasteiger partial charge in [-0.15, -0.1) is 0 Å². The van der Waals surface area contributed by atoms with E-state index in [4.69, 9.17) is 16.0 Å². The summed E-state index contributed by atoms with van der Waals surface area (Å²) in [5, 5.41) is 7.47. The Balaban J connectivity index is 1.62. The van der Waals surface area contributed by atoms with Gasteiger partial charge in [0.1, 0.15) is 5.76 Å². The smallest absolute Gasteiger partial charge is 0.307 e. The predicted molar refractivity (Wildman–Crippen MR) is 109 cm³/mol. The average Bonchev–Trinajstić information content (AvgIpc) is 3.13. The van der Waals surface area contributed by atoms with Gasteiger partial charge < -0.3 is 9.73 Å². The van der Waals surface area contributed by atoms with Gasteiger partial charge in [-0.05, 0) is 67.9 Å². The summed E-state index contributed by atoms with van der Waals surface area (Å²) in [5.74, 6) is 0.214. The molecule has 0 spiro atoms. The van der Waals surface area contributed by atoms with Gasteiger partial charge in [-0.2, -0.15) is 5.10 Å². The molecule has 28 heavy (non-hydrogen) atoms. The number of rotatable bonds is 5. The fraction of sp³-hybridized carbons (Fsp3) is 0.0952. The molecule has 2 aromatic carbocycles. The molecule has 0 aliphatic rings. The molecule has 7 heteroatoms. The quantitative estimate of drug-likeness (QED) is 0.487. The maximum atomic E-state index is 12.2. The fourth-order valence-electron chi connectivity index (χ4n) is 2.41. The van der Waals surface area contributed by atoms with Crippen molar-refractivity contribution in [3.63, 3.8) is 0 Å². The molecule has 2 N–H and O–H groups in total. The Bertz CT molecular complexity index is 1020. The Hall–Kier alpha value is -3.38. The van der Waals surface area contributed by atoms with E-state index < -0.39 is 5.91 Å². The highest BCUT2D eigenvalue weighted by Crippen LogP contribution is 2.14. The van der Waals surface area contributed by atoms with Crippen molar-refractivity contribution >= 4 is 34.8 Å². The number of halogens is 1. The van der Waals surface area contributed by atoms with Crippen LogP contribution in [-0.2, 0) is 0 Å². The maximum absolute atomic E-state index is 12.2. The van der Waals surface area contributed by atoms with Crippen LogP contribution in [0.4, 0.5) is 5.69 Å². The van der Waals surface area contributed by atoms with Crippen LogP contribution in [0.5, 0.6) is 0 Å². The molecule has 0 aliphatic heterocycles. The third kappa shape index (κ3) is 4.86. The van der Waals surface area contributed by atoms with E-state index in [0.29, 0.717) is 27.7 Å². The lowest BCUT2D eigenvalue weighted by molar-refractivity contribution is 0.0925. The first-order valence-corrected chi connectivity index (χ1v) is 8.88. The van der Waals surface area contributed by atoms with Crippen LogP contribution in [0.3, 0.4) is 0 Å². The fourth-order valence-corrected chi connectivity index (χ4v) is 2.54. The van der Waals surface area contributed by atoms with Crippen molar-refractivity contribution in [2.45, 2.75) is 13.8 Å².